The van der Waals surface area contributed by atoms with Crippen LogP contribution in [0.4, 0.5) is 13.2 Å². The van der Waals surface area contributed by atoms with Gasteiger partial charge in [-0.25, -0.2) is 9.78 Å². The van der Waals surface area contributed by atoms with Gasteiger partial charge >= 0.3 is 18.1 Å². The van der Waals surface area contributed by atoms with Gasteiger partial charge < -0.3 is 15.5 Å². The zero-order valence-corrected chi connectivity index (χ0v) is 14.1. The van der Waals surface area contributed by atoms with Crippen LogP contribution in [0.2, 0.25) is 0 Å². The Labute approximate surface area is 150 Å². The lowest BCUT2D eigenvalue weighted by Gasteiger charge is -2.14. The molecule has 2 heterocycles. The molecule has 0 aromatic carbocycles. The summed E-state index contributed by atoms with van der Waals surface area (Å²) in [5.74, 6) is -3.64. The zero-order chi connectivity index (χ0) is 20.4. The molecular weight excluding hydrogens is 371 g/mol. The number of pyridine rings is 1. The Morgan fingerprint density at radius 3 is 2.44 bits per heavy atom. The first-order valence-electron chi connectivity index (χ1n) is 7.88. The summed E-state index contributed by atoms with van der Waals surface area (Å²) in [6.07, 6.45) is -4.57. The van der Waals surface area contributed by atoms with Crippen LogP contribution in [0.3, 0.4) is 0 Å². The van der Waals surface area contributed by atoms with Crippen molar-refractivity contribution in [3.63, 3.8) is 0 Å². The average Bonchev–Trinajstić information content (AvgIpc) is 2.94. The second-order valence-electron chi connectivity index (χ2n) is 5.70. The van der Waals surface area contributed by atoms with Gasteiger partial charge in [-0.15, -0.1) is 0 Å². The molecule has 0 aliphatic heterocycles. The lowest BCUT2D eigenvalue weighted by atomic mass is 10.1. The van der Waals surface area contributed by atoms with Gasteiger partial charge in [0, 0.05) is 12.6 Å². The normalized spacial score (nSPS) is 12.7. The first kappa shape index (κ1) is 20.2. The number of hydrogen-bond donors (Lipinski definition) is 3. The number of aliphatic carboxylic acids is 2. The number of aryl methyl sites for hydroxylation is 1. The maximum Gasteiger partial charge on any atom is 0.417 e. The van der Waals surface area contributed by atoms with Gasteiger partial charge in [0.15, 0.2) is 0 Å². The minimum atomic E-state index is -4.64. The summed E-state index contributed by atoms with van der Waals surface area (Å²) in [7, 11) is 0. The van der Waals surface area contributed by atoms with E-state index in [0.29, 0.717) is 6.20 Å². The van der Waals surface area contributed by atoms with Crippen molar-refractivity contribution in [3.8, 4) is 0 Å². The van der Waals surface area contributed by atoms with Crippen LogP contribution in [0.1, 0.15) is 41.5 Å². The Balaban J connectivity index is 2.43. The third-order valence-corrected chi connectivity index (χ3v) is 3.82. The molecule has 11 heteroatoms. The summed E-state index contributed by atoms with van der Waals surface area (Å²) in [6, 6.07) is 0.434. The molecule has 0 saturated carbocycles. The molecule has 0 radical (unpaired) electrons. The SMILES string of the molecule is CCc1nc2ccc(C(F)(F)F)cn2c1C(=O)NC(CCC(=O)O)C(=O)O. The standard InChI is InChI=1S/C16H16F3N3O5/c1-2-9-13(14(25)21-10(15(26)27)4-6-12(23)24)22-7-8(16(17,18)19)3-5-11(22)20-9/h3,5,7,10H,2,4,6H2,1H3,(H,21,25)(H,23,24)(H,26,27). The summed E-state index contributed by atoms with van der Waals surface area (Å²) >= 11 is 0. The number of nitrogens with one attached hydrogen (secondary N) is 1. The van der Waals surface area contributed by atoms with Crippen molar-refractivity contribution >= 4 is 23.5 Å². The van der Waals surface area contributed by atoms with Gasteiger partial charge in [0.2, 0.25) is 0 Å². The number of fused-ring (bicyclic) bond motifs is 1. The number of nitrogens with zero attached hydrogens (tertiary/aromatic N) is 2. The Morgan fingerprint density at radius 2 is 1.93 bits per heavy atom. The van der Waals surface area contributed by atoms with E-state index in [1.54, 1.807) is 6.92 Å². The summed E-state index contributed by atoms with van der Waals surface area (Å²) < 4.78 is 39.8. The smallest absolute Gasteiger partial charge is 0.417 e. The summed E-state index contributed by atoms with van der Waals surface area (Å²) in [6.45, 7) is 1.64. The van der Waals surface area contributed by atoms with Gasteiger partial charge in [0.1, 0.15) is 17.4 Å². The molecule has 2 aromatic heterocycles. The number of carbonyl (C=O) groups is 3. The van der Waals surface area contributed by atoms with Crippen LogP contribution in [0.5, 0.6) is 0 Å². The van der Waals surface area contributed by atoms with Crippen LogP contribution in [0.15, 0.2) is 18.3 Å². The second kappa shape index (κ2) is 7.64. The number of aromatic nitrogens is 2. The van der Waals surface area contributed by atoms with Crippen LogP contribution in [0.25, 0.3) is 5.65 Å². The largest absolute Gasteiger partial charge is 0.481 e. The van der Waals surface area contributed by atoms with Gasteiger partial charge in [-0.05, 0) is 25.0 Å². The molecule has 27 heavy (non-hydrogen) atoms. The molecular formula is C16H16F3N3O5. The van der Waals surface area contributed by atoms with Gasteiger partial charge in [0.05, 0.1) is 11.3 Å². The molecule has 1 unspecified atom stereocenters. The lowest BCUT2D eigenvalue weighted by Crippen LogP contribution is -2.41. The van der Waals surface area contributed by atoms with Crippen LogP contribution < -0.4 is 5.32 Å². The van der Waals surface area contributed by atoms with Gasteiger partial charge in [-0.2, -0.15) is 13.2 Å². The number of alkyl halides is 3. The molecule has 0 spiro atoms. The number of carboxylic acid groups (broad SMARTS) is 2. The molecule has 0 aliphatic carbocycles. The van der Waals surface area contributed by atoms with Crippen molar-refractivity contribution in [2.45, 2.75) is 38.4 Å². The highest BCUT2D eigenvalue weighted by Crippen LogP contribution is 2.30. The number of amides is 1. The third-order valence-electron chi connectivity index (χ3n) is 3.82. The van der Waals surface area contributed by atoms with E-state index in [1.165, 1.54) is 0 Å². The van der Waals surface area contributed by atoms with Crippen molar-refractivity contribution in [3.05, 3.63) is 35.3 Å². The molecule has 1 atom stereocenters. The third kappa shape index (κ3) is 4.54. The number of hydrogen-bond acceptors (Lipinski definition) is 4. The number of halogens is 3. The van der Waals surface area contributed by atoms with E-state index in [2.05, 4.69) is 10.3 Å². The van der Waals surface area contributed by atoms with Crippen LogP contribution in [-0.4, -0.2) is 43.5 Å². The van der Waals surface area contributed by atoms with E-state index in [1.807, 2.05) is 0 Å². The fourth-order valence-electron chi connectivity index (χ4n) is 2.50. The van der Waals surface area contributed by atoms with Crippen LogP contribution in [-0.2, 0) is 22.2 Å². The second-order valence-corrected chi connectivity index (χ2v) is 5.70. The molecule has 0 aliphatic rings. The van der Waals surface area contributed by atoms with Gasteiger partial charge in [-0.1, -0.05) is 6.92 Å². The molecule has 8 nitrogen and oxygen atoms in total. The summed E-state index contributed by atoms with van der Waals surface area (Å²) in [5.41, 5.74) is -0.929. The average molecular weight is 387 g/mol. The fraction of sp³-hybridized carbons (Fsp3) is 0.375. The highest BCUT2D eigenvalue weighted by Gasteiger charge is 2.32. The van der Waals surface area contributed by atoms with Crippen molar-refractivity contribution < 1.29 is 37.8 Å². The zero-order valence-electron chi connectivity index (χ0n) is 14.1. The van der Waals surface area contributed by atoms with E-state index in [-0.39, 0.29) is 29.9 Å². The predicted octanol–water partition coefficient (Wildman–Crippen LogP) is 1.96. The fourth-order valence-corrected chi connectivity index (χ4v) is 2.50. The van der Waals surface area contributed by atoms with E-state index in [9.17, 15) is 27.6 Å². The highest BCUT2D eigenvalue weighted by atomic mass is 19.4. The summed E-state index contributed by atoms with van der Waals surface area (Å²) in [5, 5.41) is 20.0. The quantitative estimate of drug-likeness (QED) is 0.668. The first-order chi connectivity index (χ1) is 12.5. The summed E-state index contributed by atoms with van der Waals surface area (Å²) in [4.78, 5) is 38.5. The number of rotatable bonds is 7. The number of carbonyl (C=O) groups excluding carboxylic acids is 1. The van der Waals surface area contributed by atoms with Gasteiger partial charge in [0.25, 0.3) is 5.91 Å². The topological polar surface area (TPSA) is 121 Å². The lowest BCUT2D eigenvalue weighted by molar-refractivity contribution is -0.141. The van der Waals surface area contributed by atoms with Crippen LogP contribution in [0, 0.1) is 0 Å². The maximum atomic E-state index is 13.0. The predicted molar refractivity (Wildman–Crippen MR) is 85.3 cm³/mol. The monoisotopic (exact) mass is 387 g/mol. The molecule has 2 aromatic rings. The van der Waals surface area contributed by atoms with E-state index < -0.39 is 42.0 Å². The molecule has 146 valence electrons. The first-order valence-corrected chi connectivity index (χ1v) is 7.88. The highest BCUT2D eigenvalue weighted by molar-refractivity contribution is 5.97. The van der Waals surface area contributed by atoms with Crippen LogP contribution >= 0.6 is 0 Å². The van der Waals surface area contributed by atoms with E-state index in [4.69, 9.17) is 10.2 Å². The Kier molecular flexibility index (Phi) is 5.72. The minimum absolute atomic E-state index is 0.0995. The number of carboxylic acids is 2. The van der Waals surface area contributed by atoms with Crippen molar-refractivity contribution in [1.29, 1.82) is 0 Å². The number of imidazole rings is 1. The van der Waals surface area contributed by atoms with Crippen molar-refractivity contribution in [2.24, 2.45) is 0 Å². The molecule has 2 rings (SSSR count). The van der Waals surface area contributed by atoms with E-state index >= 15 is 0 Å². The van der Waals surface area contributed by atoms with Crippen molar-refractivity contribution in [1.82, 2.24) is 14.7 Å². The Hall–Kier alpha value is -3.11. The molecule has 0 saturated heterocycles. The Morgan fingerprint density at radius 1 is 1.26 bits per heavy atom. The van der Waals surface area contributed by atoms with Gasteiger partial charge in [-0.3, -0.25) is 14.0 Å². The van der Waals surface area contributed by atoms with E-state index in [0.717, 1.165) is 16.5 Å². The minimum Gasteiger partial charge on any atom is -0.481 e. The van der Waals surface area contributed by atoms with Crippen molar-refractivity contribution in [2.75, 3.05) is 0 Å². The molecule has 3 N–H and O–H groups in total. The molecule has 0 bridgehead atoms. The maximum absolute atomic E-state index is 13.0. The molecule has 1 amide bonds. The molecule has 0 fully saturated rings. The Bertz CT molecular complexity index is 891.